The number of hydrogen-bond donors (Lipinski definition) is 2. The number of hydrogen-bond acceptors (Lipinski definition) is 5. The topological polar surface area (TPSA) is 83.1 Å². The molecule has 2 aliphatic rings. The number of nitrogens with one attached hydrogen (secondary N) is 1. The van der Waals surface area contributed by atoms with Crippen LogP contribution in [0.1, 0.15) is 37.8 Å². The van der Waals surface area contributed by atoms with E-state index in [1.54, 1.807) is 4.90 Å². The molecule has 1 fully saturated rings. The average molecular weight is 412 g/mol. The van der Waals surface area contributed by atoms with E-state index >= 15 is 0 Å². The van der Waals surface area contributed by atoms with Gasteiger partial charge in [0.1, 0.15) is 10.9 Å². The molecule has 0 spiro atoms. The van der Waals surface area contributed by atoms with Crippen molar-refractivity contribution in [3.05, 3.63) is 65.5 Å². The Kier molecular flexibility index (Phi) is 6.23. The van der Waals surface area contributed by atoms with Gasteiger partial charge in [-0.25, -0.2) is 9.98 Å². The lowest BCUT2D eigenvalue weighted by Crippen LogP contribution is -2.54. The highest BCUT2D eigenvalue weighted by Gasteiger charge is 2.41. The molecule has 1 aliphatic heterocycles. The largest absolute Gasteiger partial charge is 0.399 e. The summed E-state index contributed by atoms with van der Waals surface area (Å²) in [6.45, 7) is 11.7. The number of benzene rings is 1. The molecule has 1 saturated carbocycles. The number of nitrogens with two attached hydrogens (primary N) is 1. The Morgan fingerprint density at radius 2 is 2.07 bits per heavy atom. The molecule has 0 unspecified atom stereocenters. The number of aliphatic imine (C=N–C) groups is 2. The molecule has 3 N–H and O–H groups in total. The molecule has 0 aromatic heterocycles. The van der Waals surface area contributed by atoms with E-state index in [0.717, 1.165) is 24.0 Å². The number of carbonyl (C=O) groups is 1. The van der Waals surface area contributed by atoms with Gasteiger partial charge in [-0.15, -0.1) is 0 Å². The van der Waals surface area contributed by atoms with Crippen LogP contribution in [0.25, 0.3) is 5.70 Å². The molecule has 152 valence electrons. The lowest BCUT2D eigenvalue weighted by Gasteiger charge is -2.34. The van der Waals surface area contributed by atoms with Gasteiger partial charge in [-0.1, -0.05) is 55.1 Å². The molecular formula is C22H26ClN5O. The van der Waals surface area contributed by atoms with Gasteiger partial charge in [-0.05, 0) is 43.7 Å². The third-order valence-corrected chi connectivity index (χ3v) is 5.19. The highest BCUT2D eigenvalue weighted by atomic mass is 35.5. The zero-order chi connectivity index (χ0) is 21.1. The van der Waals surface area contributed by atoms with Crippen LogP contribution in [0.15, 0.2) is 64.3 Å². The van der Waals surface area contributed by atoms with E-state index in [9.17, 15) is 4.79 Å². The molecule has 1 atom stereocenters. The zero-order valence-corrected chi connectivity index (χ0v) is 17.5. The van der Waals surface area contributed by atoms with Crippen LogP contribution in [0, 0.1) is 5.92 Å². The van der Waals surface area contributed by atoms with E-state index in [4.69, 9.17) is 17.3 Å². The summed E-state index contributed by atoms with van der Waals surface area (Å²) in [6.07, 6.45) is 4.02. The van der Waals surface area contributed by atoms with Crippen LogP contribution in [0.5, 0.6) is 0 Å². The van der Waals surface area contributed by atoms with E-state index < -0.39 is 0 Å². The third-order valence-electron chi connectivity index (χ3n) is 5.11. The van der Waals surface area contributed by atoms with Crippen molar-refractivity contribution in [1.82, 2.24) is 10.2 Å². The second-order valence-electron chi connectivity index (χ2n) is 7.27. The van der Waals surface area contributed by atoms with Crippen molar-refractivity contribution in [3.8, 4) is 0 Å². The van der Waals surface area contributed by atoms with Crippen molar-refractivity contribution in [2.75, 3.05) is 0 Å². The molecule has 0 saturated heterocycles. The zero-order valence-electron chi connectivity index (χ0n) is 16.8. The van der Waals surface area contributed by atoms with Gasteiger partial charge in [0.25, 0.3) is 5.91 Å². The molecule has 1 aliphatic carbocycles. The molecule has 1 heterocycles. The number of nitrogens with zero attached hydrogens (tertiary/aromatic N) is 3. The van der Waals surface area contributed by atoms with Gasteiger partial charge in [0.2, 0.25) is 0 Å². The minimum atomic E-state index is -0.210. The van der Waals surface area contributed by atoms with Crippen molar-refractivity contribution >= 4 is 34.9 Å². The van der Waals surface area contributed by atoms with Crippen molar-refractivity contribution in [2.24, 2.45) is 21.6 Å². The SMILES string of the molecule is C=C(Cl)/N=C1\C(=C/C)N=C(NCc2ccc(C(=C)N)cc2)C(=O)N1[C@@H](C)C1CC1. The van der Waals surface area contributed by atoms with Crippen LogP contribution in [-0.2, 0) is 11.3 Å². The Balaban J connectivity index is 1.85. The summed E-state index contributed by atoms with van der Waals surface area (Å²) in [7, 11) is 0. The molecule has 6 nitrogen and oxygen atoms in total. The maximum atomic E-state index is 13.2. The van der Waals surface area contributed by atoms with E-state index in [1.807, 2.05) is 44.2 Å². The molecule has 0 bridgehead atoms. The fourth-order valence-electron chi connectivity index (χ4n) is 3.28. The van der Waals surface area contributed by atoms with E-state index in [0.29, 0.717) is 29.7 Å². The molecule has 1 aromatic carbocycles. The van der Waals surface area contributed by atoms with Crippen LogP contribution >= 0.6 is 11.6 Å². The summed E-state index contributed by atoms with van der Waals surface area (Å²) in [6, 6.07) is 7.70. The smallest absolute Gasteiger partial charge is 0.295 e. The van der Waals surface area contributed by atoms with Crippen LogP contribution in [-0.4, -0.2) is 28.5 Å². The van der Waals surface area contributed by atoms with Gasteiger partial charge in [0.15, 0.2) is 11.7 Å². The highest BCUT2D eigenvalue weighted by molar-refractivity contribution is 6.44. The molecule has 0 radical (unpaired) electrons. The van der Waals surface area contributed by atoms with Gasteiger partial charge in [0.05, 0.1) is 0 Å². The summed E-state index contributed by atoms with van der Waals surface area (Å²) in [4.78, 5) is 23.7. The second-order valence-corrected chi connectivity index (χ2v) is 7.71. The highest BCUT2D eigenvalue weighted by Crippen LogP contribution is 2.36. The van der Waals surface area contributed by atoms with Gasteiger partial charge in [0, 0.05) is 18.3 Å². The summed E-state index contributed by atoms with van der Waals surface area (Å²) in [5.74, 6) is 0.992. The van der Waals surface area contributed by atoms with Crippen molar-refractivity contribution in [3.63, 3.8) is 0 Å². The monoisotopic (exact) mass is 411 g/mol. The van der Waals surface area contributed by atoms with Gasteiger partial charge in [-0.2, -0.15) is 0 Å². The Morgan fingerprint density at radius 1 is 1.41 bits per heavy atom. The predicted octanol–water partition coefficient (Wildman–Crippen LogP) is 3.76. The van der Waals surface area contributed by atoms with Crippen molar-refractivity contribution in [1.29, 1.82) is 0 Å². The summed E-state index contributed by atoms with van der Waals surface area (Å²) in [5, 5.41) is 3.29. The maximum Gasteiger partial charge on any atom is 0.295 e. The van der Waals surface area contributed by atoms with Crippen LogP contribution < -0.4 is 11.1 Å². The number of carbonyl (C=O) groups excluding carboxylic acids is 1. The van der Waals surface area contributed by atoms with Crippen LogP contribution in [0.4, 0.5) is 0 Å². The maximum absolute atomic E-state index is 13.2. The molecule has 3 rings (SSSR count). The predicted molar refractivity (Wildman–Crippen MR) is 119 cm³/mol. The first kappa shape index (κ1) is 20.9. The standard InChI is InChI=1S/C22H26ClN5O/c1-5-19-21(26-15(4)23)28(14(3)18-10-11-18)22(29)20(27-19)25-12-16-6-8-17(9-7-16)13(2)24/h5-9,14,18H,2,4,10-12,24H2,1,3H3,(H,25,27)/b19-5+,26-21+/t14-/m0/s1. The summed E-state index contributed by atoms with van der Waals surface area (Å²) < 4.78 is 0. The molecule has 1 aromatic rings. The number of allylic oxidation sites excluding steroid dienone is 1. The fraction of sp³-hybridized carbons (Fsp3) is 0.318. The third kappa shape index (κ3) is 4.77. The van der Waals surface area contributed by atoms with E-state index in [1.165, 1.54) is 0 Å². The Labute approximate surface area is 176 Å². The second kappa shape index (κ2) is 8.66. The van der Waals surface area contributed by atoms with E-state index in [2.05, 4.69) is 28.5 Å². The first-order chi connectivity index (χ1) is 13.8. The van der Waals surface area contributed by atoms with E-state index in [-0.39, 0.29) is 22.9 Å². The minimum Gasteiger partial charge on any atom is -0.399 e. The summed E-state index contributed by atoms with van der Waals surface area (Å²) >= 11 is 5.93. The normalized spacial score (nSPS) is 20.6. The number of rotatable bonds is 6. The number of halogens is 1. The lowest BCUT2D eigenvalue weighted by atomic mass is 10.1. The van der Waals surface area contributed by atoms with Crippen molar-refractivity contribution in [2.45, 2.75) is 39.3 Å². The fourth-order valence-corrected chi connectivity index (χ4v) is 3.36. The Bertz CT molecular complexity index is 925. The first-order valence-corrected chi connectivity index (χ1v) is 9.99. The van der Waals surface area contributed by atoms with Crippen LogP contribution in [0.2, 0.25) is 0 Å². The van der Waals surface area contributed by atoms with Gasteiger partial charge < -0.3 is 11.1 Å². The van der Waals surface area contributed by atoms with Gasteiger partial charge in [-0.3, -0.25) is 9.69 Å². The lowest BCUT2D eigenvalue weighted by molar-refractivity contribution is -0.122. The molecule has 29 heavy (non-hydrogen) atoms. The molecule has 1 amide bonds. The number of amides is 1. The summed E-state index contributed by atoms with van der Waals surface area (Å²) in [5.41, 5.74) is 8.71. The van der Waals surface area contributed by atoms with Crippen molar-refractivity contribution < 1.29 is 4.79 Å². The first-order valence-electron chi connectivity index (χ1n) is 9.61. The minimum absolute atomic E-state index is 0.00867. The Morgan fingerprint density at radius 3 is 2.59 bits per heavy atom. The number of amidine groups is 2. The van der Waals surface area contributed by atoms with Crippen LogP contribution in [0.3, 0.4) is 0 Å². The quantitative estimate of drug-likeness (QED) is 0.699. The molecule has 7 heteroatoms. The van der Waals surface area contributed by atoms with Gasteiger partial charge >= 0.3 is 0 Å². The average Bonchev–Trinajstić information content (AvgIpc) is 3.52. The Hall–Kier alpha value is -2.86. The molecular weight excluding hydrogens is 386 g/mol.